The predicted octanol–water partition coefficient (Wildman–Crippen LogP) is 3.22. The van der Waals surface area contributed by atoms with Crippen molar-refractivity contribution in [2.24, 2.45) is 0 Å². The zero-order valence-electron chi connectivity index (χ0n) is 10.2. The highest BCUT2D eigenvalue weighted by Gasteiger charge is 2.09. The normalized spacial score (nSPS) is 11.5. The second-order valence-corrected chi connectivity index (χ2v) is 5.74. The van der Waals surface area contributed by atoms with E-state index in [2.05, 4.69) is 6.07 Å². The molecule has 0 amide bonds. The Labute approximate surface area is 107 Å². The van der Waals surface area contributed by atoms with Gasteiger partial charge in [-0.1, -0.05) is 35.9 Å². The highest BCUT2D eigenvalue weighted by atomic mass is 32.2. The Hall–Kier alpha value is -1.65. The Morgan fingerprint density at radius 2 is 1.56 bits per heavy atom. The van der Waals surface area contributed by atoms with E-state index in [1.807, 2.05) is 26.0 Å². The van der Waals surface area contributed by atoms with Gasteiger partial charge in [0.1, 0.15) is 0 Å². The summed E-state index contributed by atoms with van der Waals surface area (Å²) in [4.78, 5) is -0.0870. The standard InChI is InChI=1S/C14H14O3S/c1-10-3-8-14(11(2)9-10)12-4-6-13(7-5-12)18(15,16)17/h3-9H,1-2H3,(H,15,16,17). The van der Waals surface area contributed by atoms with Gasteiger partial charge in [-0.25, -0.2) is 0 Å². The molecule has 0 saturated carbocycles. The molecule has 18 heavy (non-hydrogen) atoms. The van der Waals surface area contributed by atoms with E-state index in [0.29, 0.717) is 0 Å². The Bertz CT molecular complexity index is 671. The van der Waals surface area contributed by atoms with Crippen LogP contribution in [0.25, 0.3) is 11.1 Å². The topological polar surface area (TPSA) is 54.4 Å². The van der Waals surface area contributed by atoms with Gasteiger partial charge in [-0.15, -0.1) is 0 Å². The van der Waals surface area contributed by atoms with Gasteiger partial charge < -0.3 is 0 Å². The first-order valence-electron chi connectivity index (χ1n) is 5.53. The maximum atomic E-state index is 10.9. The lowest BCUT2D eigenvalue weighted by Gasteiger charge is -2.07. The van der Waals surface area contributed by atoms with Gasteiger partial charge in [-0.2, -0.15) is 8.42 Å². The number of aryl methyl sites for hydroxylation is 2. The minimum absolute atomic E-state index is 0.0870. The highest BCUT2D eigenvalue weighted by Crippen LogP contribution is 2.25. The first-order valence-corrected chi connectivity index (χ1v) is 6.97. The summed E-state index contributed by atoms with van der Waals surface area (Å²) < 4.78 is 30.8. The molecule has 0 aliphatic heterocycles. The van der Waals surface area contributed by atoms with Gasteiger partial charge in [-0.05, 0) is 42.7 Å². The fourth-order valence-electron chi connectivity index (χ4n) is 1.94. The van der Waals surface area contributed by atoms with Crippen LogP contribution in [0, 0.1) is 13.8 Å². The third-order valence-electron chi connectivity index (χ3n) is 2.85. The molecule has 0 aliphatic carbocycles. The lowest BCUT2D eigenvalue weighted by molar-refractivity contribution is 0.483. The minimum atomic E-state index is -4.12. The molecule has 0 bridgehead atoms. The Morgan fingerprint density at radius 3 is 2.06 bits per heavy atom. The van der Waals surface area contributed by atoms with E-state index in [-0.39, 0.29) is 4.90 Å². The van der Waals surface area contributed by atoms with Gasteiger partial charge in [0.15, 0.2) is 0 Å². The molecule has 0 atom stereocenters. The molecule has 0 spiro atoms. The van der Waals surface area contributed by atoms with Crippen LogP contribution in [0.5, 0.6) is 0 Å². The van der Waals surface area contributed by atoms with Crippen LogP contribution in [0.15, 0.2) is 47.4 Å². The van der Waals surface area contributed by atoms with Crippen molar-refractivity contribution in [3.05, 3.63) is 53.6 Å². The fourth-order valence-corrected chi connectivity index (χ4v) is 2.42. The zero-order valence-corrected chi connectivity index (χ0v) is 11.0. The van der Waals surface area contributed by atoms with Gasteiger partial charge in [0, 0.05) is 0 Å². The quantitative estimate of drug-likeness (QED) is 0.845. The van der Waals surface area contributed by atoms with Crippen LogP contribution in [-0.2, 0) is 10.1 Å². The van der Waals surface area contributed by atoms with E-state index in [4.69, 9.17) is 4.55 Å². The van der Waals surface area contributed by atoms with Gasteiger partial charge in [0.2, 0.25) is 0 Å². The molecule has 4 heteroatoms. The van der Waals surface area contributed by atoms with E-state index in [1.54, 1.807) is 12.1 Å². The number of hydrogen-bond donors (Lipinski definition) is 1. The average molecular weight is 262 g/mol. The molecule has 0 fully saturated rings. The predicted molar refractivity (Wildman–Crippen MR) is 71.2 cm³/mol. The molecule has 0 aromatic heterocycles. The SMILES string of the molecule is Cc1ccc(-c2ccc(S(=O)(=O)O)cc2)c(C)c1. The second-order valence-electron chi connectivity index (χ2n) is 4.32. The van der Waals surface area contributed by atoms with Crippen LogP contribution in [0.2, 0.25) is 0 Å². The van der Waals surface area contributed by atoms with Gasteiger partial charge in [-0.3, -0.25) is 4.55 Å². The summed E-state index contributed by atoms with van der Waals surface area (Å²) in [5.74, 6) is 0. The fraction of sp³-hybridized carbons (Fsp3) is 0.143. The van der Waals surface area contributed by atoms with Crippen molar-refractivity contribution < 1.29 is 13.0 Å². The maximum absolute atomic E-state index is 10.9. The van der Waals surface area contributed by atoms with E-state index < -0.39 is 10.1 Å². The summed E-state index contributed by atoms with van der Waals surface area (Å²) in [7, 11) is -4.12. The first-order chi connectivity index (χ1) is 8.38. The van der Waals surface area contributed by atoms with E-state index in [9.17, 15) is 8.42 Å². The van der Waals surface area contributed by atoms with Crippen molar-refractivity contribution in [2.75, 3.05) is 0 Å². The molecule has 2 aromatic rings. The average Bonchev–Trinajstić information content (AvgIpc) is 2.28. The summed E-state index contributed by atoms with van der Waals surface area (Å²) in [6, 6.07) is 12.3. The van der Waals surface area contributed by atoms with Crippen LogP contribution in [0.4, 0.5) is 0 Å². The Morgan fingerprint density at radius 1 is 0.944 bits per heavy atom. The molecule has 94 valence electrons. The number of benzene rings is 2. The second kappa shape index (κ2) is 4.55. The lowest BCUT2D eigenvalue weighted by atomic mass is 9.99. The van der Waals surface area contributed by atoms with Crippen molar-refractivity contribution in [1.82, 2.24) is 0 Å². The molecule has 0 heterocycles. The van der Waals surface area contributed by atoms with Gasteiger partial charge in [0.25, 0.3) is 10.1 Å². The van der Waals surface area contributed by atoms with E-state index >= 15 is 0 Å². The van der Waals surface area contributed by atoms with Crippen molar-refractivity contribution >= 4 is 10.1 Å². The van der Waals surface area contributed by atoms with Gasteiger partial charge >= 0.3 is 0 Å². The molecule has 0 radical (unpaired) electrons. The maximum Gasteiger partial charge on any atom is 0.294 e. The largest absolute Gasteiger partial charge is 0.294 e. The first kappa shape index (κ1) is 12.8. The molecule has 0 aliphatic rings. The molecular weight excluding hydrogens is 248 g/mol. The van der Waals surface area contributed by atoms with Crippen LogP contribution < -0.4 is 0 Å². The Balaban J connectivity index is 2.47. The number of hydrogen-bond acceptors (Lipinski definition) is 2. The summed E-state index contributed by atoms with van der Waals surface area (Å²) in [6.07, 6.45) is 0. The van der Waals surface area contributed by atoms with Crippen LogP contribution in [0.1, 0.15) is 11.1 Å². The molecular formula is C14H14O3S. The Kier molecular flexibility index (Phi) is 3.24. The highest BCUT2D eigenvalue weighted by molar-refractivity contribution is 7.85. The van der Waals surface area contributed by atoms with Gasteiger partial charge in [0.05, 0.1) is 4.90 Å². The summed E-state index contributed by atoms with van der Waals surface area (Å²) in [5, 5.41) is 0. The van der Waals surface area contributed by atoms with E-state index in [1.165, 1.54) is 17.7 Å². The van der Waals surface area contributed by atoms with Crippen LogP contribution >= 0.6 is 0 Å². The number of rotatable bonds is 2. The molecule has 2 aromatic carbocycles. The molecule has 0 unspecified atom stereocenters. The third kappa shape index (κ3) is 2.60. The smallest absolute Gasteiger partial charge is 0.282 e. The summed E-state index contributed by atoms with van der Waals surface area (Å²) in [5.41, 5.74) is 4.31. The third-order valence-corrected chi connectivity index (χ3v) is 3.71. The monoisotopic (exact) mass is 262 g/mol. The van der Waals surface area contributed by atoms with Crippen LogP contribution in [-0.4, -0.2) is 13.0 Å². The van der Waals surface area contributed by atoms with Crippen molar-refractivity contribution in [2.45, 2.75) is 18.7 Å². The van der Waals surface area contributed by atoms with E-state index in [0.717, 1.165) is 16.7 Å². The lowest BCUT2D eigenvalue weighted by Crippen LogP contribution is -1.97. The molecule has 1 N–H and O–H groups in total. The minimum Gasteiger partial charge on any atom is -0.282 e. The van der Waals surface area contributed by atoms with Crippen molar-refractivity contribution in [3.63, 3.8) is 0 Å². The van der Waals surface area contributed by atoms with Crippen LogP contribution in [0.3, 0.4) is 0 Å². The van der Waals surface area contributed by atoms with Crippen molar-refractivity contribution in [1.29, 1.82) is 0 Å². The molecule has 2 rings (SSSR count). The van der Waals surface area contributed by atoms with Crippen molar-refractivity contribution in [3.8, 4) is 11.1 Å². The zero-order chi connectivity index (χ0) is 13.3. The molecule has 0 saturated heterocycles. The molecule has 3 nitrogen and oxygen atoms in total. The summed E-state index contributed by atoms with van der Waals surface area (Å²) >= 11 is 0. The summed E-state index contributed by atoms with van der Waals surface area (Å²) in [6.45, 7) is 4.04.